The van der Waals surface area contributed by atoms with Gasteiger partial charge in [-0.25, -0.2) is 0 Å². The van der Waals surface area contributed by atoms with E-state index in [0.717, 1.165) is 55.9 Å². The van der Waals surface area contributed by atoms with Crippen LogP contribution < -0.4 is 4.74 Å². The number of rotatable bonds is 9. The molecule has 0 unspecified atom stereocenters. The van der Waals surface area contributed by atoms with Crippen LogP contribution in [0.25, 0.3) is 11.3 Å². The first-order valence-electron chi connectivity index (χ1n) is 8.00. The van der Waals surface area contributed by atoms with Gasteiger partial charge >= 0.3 is 0 Å². The number of hydrogen-bond acceptors (Lipinski definition) is 3. The Morgan fingerprint density at radius 2 is 1.77 bits per heavy atom. The lowest BCUT2D eigenvalue weighted by Gasteiger charge is -2.07. The van der Waals surface area contributed by atoms with Crippen LogP contribution in [0.2, 0.25) is 0 Å². The molecule has 118 valence electrons. The molecule has 2 rings (SSSR count). The Bertz CT molecular complexity index is 483. The van der Waals surface area contributed by atoms with Gasteiger partial charge in [-0.05, 0) is 55.2 Å². The lowest BCUT2D eigenvalue weighted by Crippen LogP contribution is -1.96. The highest BCUT2D eigenvalue weighted by Gasteiger charge is 2.01. The van der Waals surface area contributed by atoms with E-state index in [1.807, 2.05) is 18.3 Å². The summed E-state index contributed by atoms with van der Waals surface area (Å²) < 4.78 is 10.7. The molecule has 1 aromatic heterocycles. The maximum absolute atomic E-state index is 5.68. The summed E-state index contributed by atoms with van der Waals surface area (Å²) in [6.07, 6.45) is 6.23. The zero-order valence-corrected chi connectivity index (χ0v) is 13.5. The molecule has 0 aliphatic heterocycles. The van der Waals surface area contributed by atoms with Gasteiger partial charge in [-0.1, -0.05) is 19.4 Å². The summed E-state index contributed by atoms with van der Waals surface area (Å²) in [6, 6.07) is 12.4. The molecule has 3 nitrogen and oxygen atoms in total. The molecule has 0 aliphatic carbocycles. The van der Waals surface area contributed by atoms with Crippen molar-refractivity contribution in [2.24, 2.45) is 0 Å². The van der Waals surface area contributed by atoms with E-state index in [1.54, 1.807) is 7.11 Å². The summed E-state index contributed by atoms with van der Waals surface area (Å²) in [5, 5.41) is 0. The normalized spacial score (nSPS) is 10.6. The van der Waals surface area contributed by atoms with Gasteiger partial charge in [0, 0.05) is 25.5 Å². The van der Waals surface area contributed by atoms with Crippen molar-refractivity contribution in [2.45, 2.75) is 32.6 Å². The van der Waals surface area contributed by atoms with Gasteiger partial charge in [-0.3, -0.25) is 4.98 Å². The van der Waals surface area contributed by atoms with Crippen LogP contribution in [0.3, 0.4) is 0 Å². The number of methoxy groups -OCH3 is 1. The Morgan fingerprint density at radius 1 is 0.955 bits per heavy atom. The molecular formula is C19H25NO2. The van der Waals surface area contributed by atoms with Gasteiger partial charge in [0.15, 0.2) is 0 Å². The first-order chi connectivity index (χ1) is 10.8. The highest BCUT2D eigenvalue weighted by atomic mass is 16.5. The van der Waals surface area contributed by atoms with Gasteiger partial charge in [0.25, 0.3) is 0 Å². The van der Waals surface area contributed by atoms with Crippen molar-refractivity contribution in [2.75, 3.05) is 20.3 Å². The molecule has 0 fully saturated rings. The quantitative estimate of drug-likeness (QED) is 0.639. The largest absolute Gasteiger partial charge is 0.494 e. The smallest absolute Gasteiger partial charge is 0.119 e. The number of ether oxygens (including phenoxy) is 2. The maximum atomic E-state index is 5.68. The SMILES string of the molecule is CCCCOc1ccc(-c2ccc(CCCOC)cn2)cc1. The Hall–Kier alpha value is -1.87. The summed E-state index contributed by atoms with van der Waals surface area (Å²) in [6.45, 7) is 3.74. The van der Waals surface area contributed by atoms with Crippen molar-refractivity contribution < 1.29 is 9.47 Å². The first-order valence-corrected chi connectivity index (χ1v) is 8.00. The minimum atomic E-state index is 0.782. The Balaban J connectivity index is 1.93. The van der Waals surface area contributed by atoms with E-state index in [4.69, 9.17) is 9.47 Å². The van der Waals surface area contributed by atoms with Gasteiger partial charge in [-0.15, -0.1) is 0 Å². The first kappa shape index (κ1) is 16.5. The van der Waals surface area contributed by atoms with Crippen LogP contribution in [0.5, 0.6) is 5.75 Å². The van der Waals surface area contributed by atoms with Crippen LogP contribution in [0.15, 0.2) is 42.6 Å². The van der Waals surface area contributed by atoms with Crippen LogP contribution in [0, 0.1) is 0 Å². The highest BCUT2D eigenvalue weighted by molar-refractivity contribution is 5.60. The molecule has 2 aromatic rings. The van der Waals surface area contributed by atoms with Crippen LogP contribution in [-0.4, -0.2) is 25.3 Å². The molecule has 22 heavy (non-hydrogen) atoms. The van der Waals surface area contributed by atoms with Crippen LogP contribution in [-0.2, 0) is 11.2 Å². The van der Waals surface area contributed by atoms with Crippen LogP contribution in [0.4, 0.5) is 0 Å². The Morgan fingerprint density at radius 3 is 2.41 bits per heavy atom. The second-order valence-electron chi connectivity index (χ2n) is 5.37. The summed E-state index contributed by atoms with van der Waals surface area (Å²) in [5.74, 6) is 0.924. The third kappa shape index (κ3) is 5.15. The van der Waals surface area contributed by atoms with Crippen molar-refractivity contribution in [3.63, 3.8) is 0 Å². The summed E-state index contributed by atoms with van der Waals surface area (Å²) in [4.78, 5) is 4.55. The molecular weight excluding hydrogens is 274 g/mol. The lowest BCUT2D eigenvalue weighted by molar-refractivity contribution is 0.195. The molecule has 0 spiro atoms. The van der Waals surface area contributed by atoms with Gasteiger partial charge in [0.05, 0.1) is 12.3 Å². The van der Waals surface area contributed by atoms with E-state index in [9.17, 15) is 0 Å². The average molecular weight is 299 g/mol. The van der Waals surface area contributed by atoms with Crippen molar-refractivity contribution in [3.05, 3.63) is 48.2 Å². The third-order valence-electron chi connectivity index (χ3n) is 3.56. The van der Waals surface area contributed by atoms with E-state index >= 15 is 0 Å². The van der Waals surface area contributed by atoms with Crippen LogP contribution in [0.1, 0.15) is 31.7 Å². The predicted molar refractivity (Wildman–Crippen MR) is 90.3 cm³/mol. The number of aryl methyl sites for hydroxylation is 1. The standard InChI is InChI=1S/C19H25NO2/c1-3-4-14-22-18-10-8-17(9-11-18)19-12-7-16(15-20-19)6-5-13-21-2/h7-12,15H,3-6,13-14H2,1-2H3. The van der Waals surface area contributed by atoms with Gasteiger partial charge in [0.2, 0.25) is 0 Å². The molecule has 0 aliphatic rings. The Labute approximate surface area is 133 Å². The minimum absolute atomic E-state index is 0.782. The van der Waals surface area contributed by atoms with Gasteiger partial charge in [0.1, 0.15) is 5.75 Å². The van der Waals surface area contributed by atoms with Crippen molar-refractivity contribution in [1.29, 1.82) is 0 Å². The number of pyridine rings is 1. The zero-order valence-electron chi connectivity index (χ0n) is 13.5. The predicted octanol–water partition coefficient (Wildman–Crippen LogP) is 4.51. The molecule has 1 heterocycles. The Kier molecular flexibility index (Phi) is 6.91. The summed E-state index contributed by atoms with van der Waals surface area (Å²) >= 11 is 0. The molecule has 0 saturated carbocycles. The van der Waals surface area contributed by atoms with Crippen molar-refractivity contribution >= 4 is 0 Å². The van der Waals surface area contributed by atoms with E-state index in [1.165, 1.54) is 5.56 Å². The summed E-state index contributed by atoms with van der Waals surface area (Å²) in [7, 11) is 1.73. The monoisotopic (exact) mass is 299 g/mol. The van der Waals surface area contributed by atoms with Gasteiger partial charge < -0.3 is 9.47 Å². The minimum Gasteiger partial charge on any atom is -0.494 e. The van der Waals surface area contributed by atoms with E-state index < -0.39 is 0 Å². The molecule has 0 amide bonds. The highest BCUT2D eigenvalue weighted by Crippen LogP contribution is 2.21. The van der Waals surface area contributed by atoms with Crippen molar-refractivity contribution in [3.8, 4) is 17.0 Å². The topological polar surface area (TPSA) is 31.4 Å². The van der Waals surface area contributed by atoms with E-state index in [2.05, 4.69) is 36.2 Å². The number of hydrogen-bond donors (Lipinski definition) is 0. The molecule has 1 aromatic carbocycles. The number of unbranched alkanes of at least 4 members (excludes halogenated alkanes) is 1. The average Bonchev–Trinajstić information content (AvgIpc) is 2.57. The lowest BCUT2D eigenvalue weighted by atomic mass is 10.1. The molecule has 0 bridgehead atoms. The maximum Gasteiger partial charge on any atom is 0.119 e. The van der Waals surface area contributed by atoms with E-state index in [-0.39, 0.29) is 0 Å². The summed E-state index contributed by atoms with van der Waals surface area (Å²) in [5.41, 5.74) is 3.36. The zero-order chi connectivity index (χ0) is 15.6. The van der Waals surface area contributed by atoms with Gasteiger partial charge in [-0.2, -0.15) is 0 Å². The van der Waals surface area contributed by atoms with Crippen LogP contribution >= 0.6 is 0 Å². The second kappa shape index (κ2) is 9.21. The van der Waals surface area contributed by atoms with E-state index in [0.29, 0.717) is 0 Å². The molecule has 0 radical (unpaired) electrons. The van der Waals surface area contributed by atoms with Crippen molar-refractivity contribution in [1.82, 2.24) is 4.98 Å². The fourth-order valence-electron chi connectivity index (χ4n) is 2.22. The fraction of sp³-hybridized carbons (Fsp3) is 0.421. The molecule has 3 heteroatoms. The second-order valence-corrected chi connectivity index (χ2v) is 5.37. The molecule has 0 saturated heterocycles. The number of aromatic nitrogens is 1. The molecule has 0 atom stereocenters. The number of benzene rings is 1. The third-order valence-corrected chi connectivity index (χ3v) is 3.56. The fourth-order valence-corrected chi connectivity index (χ4v) is 2.22. The number of nitrogens with zero attached hydrogens (tertiary/aromatic N) is 1. The molecule has 0 N–H and O–H groups in total.